The van der Waals surface area contributed by atoms with E-state index in [1.54, 1.807) is 0 Å². The second-order valence-electron chi connectivity index (χ2n) is 9.18. The van der Waals surface area contributed by atoms with Gasteiger partial charge < -0.3 is 4.74 Å². The van der Waals surface area contributed by atoms with Crippen molar-refractivity contribution in [2.24, 2.45) is 7.05 Å². The minimum Gasteiger partial charge on any atom is -0.427 e. The molecule has 2 aromatic heterocycles. The maximum atomic E-state index is 12.2. The highest BCUT2D eigenvalue weighted by atomic mass is 16.5. The first-order valence-corrected chi connectivity index (χ1v) is 12.7. The van der Waals surface area contributed by atoms with E-state index < -0.39 is 0 Å². The van der Waals surface area contributed by atoms with Crippen LogP contribution in [-0.4, -0.2) is 25.4 Å². The number of benzene rings is 1. The maximum absolute atomic E-state index is 12.2. The van der Waals surface area contributed by atoms with Crippen LogP contribution in [0.5, 0.6) is 5.75 Å². The van der Waals surface area contributed by atoms with Gasteiger partial charge in [0.15, 0.2) is 11.5 Å². The van der Waals surface area contributed by atoms with E-state index in [1.165, 1.54) is 57.8 Å². The first-order valence-electron chi connectivity index (χ1n) is 12.7. The molecule has 0 aliphatic carbocycles. The number of esters is 1. The highest BCUT2D eigenvalue weighted by molar-refractivity contribution is 5.72. The number of carbonyl (C=O) groups is 1. The van der Waals surface area contributed by atoms with Gasteiger partial charge in [-0.25, -0.2) is 4.68 Å². The number of nitrogens with zero attached hydrogens (tertiary/aromatic N) is 4. The Balaban J connectivity index is 1.37. The van der Waals surface area contributed by atoms with Gasteiger partial charge in [-0.05, 0) is 44.5 Å². The normalized spacial score (nSPS) is 11.4. The average Bonchev–Trinajstić information content (AvgIpc) is 3.28. The number of hydrogen-bond donors (Lipinski definition) is 0. The Morgan fingerprint density at radius 3 is 2.03 bits per heavy atom. The fourth-order valence-corrected chi connectivity index (χ4v) is 4.32. The van der Waals surface area contributed by atoms with Crippen molar-refractivity contribution in [2.45, 2.75) is 97.8 Å². The van der Waals surface area contributed by atoms with E-state index in [0.29, 0.717) is 12.2 Å². The Morgan fingerprint density at radius 1 is 0.848 bits per heavy atom. The van der Waals surface area contributed by atoms with Gasteiger partial charge in [0, 0.05) is 24.6 Å². The van der Waals surface area contributed by atoms with Gasteiger partial charge in [-0.2, -0.15) is 14.7 Å². The lowest BCUT2D eigenvalue weighted by Gasteiger charge is -2.06. The predicted molar refractivity (Wildman–Crippen MR) is 134 cm³/mol. The van der Waals surface area contributed by atoms with Crippen molar-refractivity contribution in [2.75, 3.05) is 0 Å². The van der Waals surface area contributed by atoms with Crippen molar-refractivity contribution in [1.82, 2.24) is 19.4 Å². The topological polar surface area (TPSA) is 61.4 Å². The molecule has 1 aromatic carbocycles. The Labute approximate surface area is 198 Å². The van der Waals surface area contributed by atoms with Gasteiger partial charge in [0.1, 0.15) is 5.75 Å². The molecule has 180 valence electrons. The van der Waals surface area contributed by atoms with Crippen molar-refractivity contribution in [3.63, 3.8) is 0 Å². The predicted octanol–water partition coefficient (Wildman–Crippen LogP) is 6.96. The molecule has 3 rings (SSSR count). The number of aryl methyl sites for hydroxylation is 3. The zero-order valence-electron chi connectivity index (χ0n) is 20.9. The highest BCUT2D eigenvalue weighted by Crippen LogP contribution is 2.25. The number of carbonyl (C=O) groups excluding carboxylic acids is 1. The van der Waals surface area contributed by atoms with Crippen LogP contribution in [0.2, 0.25) is 0 Å². The third kappa shape index (κ3) is 6.92. The summed E-state index contributed by atoms with van der Waals surface area (Å²) in [6, 6.07) is 7.52. The molecule has 3 aromatic rings. The zero-order valence-corrected chi connectivity index (χ0v) is 20.9. The molecule has 6 heteroatoms. The highest BCUT2D eigenvalue weighted by Gasteiger charge is 2.16. The first-order chi connectivity index (χ1) is 16.0. The number of aromatic nitrogens is 4. The molecule has 0 bridgehead atoms. The number of unbranched alkanes of at least 4 members (excludes halogenated alkanes) is 10. The standard InChI is InChI=1S/C27H40N4O2/c1-5-6-7-8-9-10-11-12-13-14-15-16-25(32)33-24-19-17-23(18-20-24)26-29-30(4)27-21(2)22(3)28-31(26)27/h17-20H,5-16H2,1-4H3. The second-order valence-corrected chi connectivity index (χ2v) is 9.18. The van der Waals surface area contributed by atoms with E-state index in [9.17, 15) is 4.79 Å². The van der Waals surface area contributed by atoms with Crippen molar-refractivity contribution in [3.05, 3.63) is 35.5 Å². The van der Waals surface area contributed by atoms with E-state index in [2.05, 4.69) is 24.0 Å². The van der Waals surface area contributed by atoms with E-state index in [1.807, 2.05) is 47.4 Å². The minimum absolute atomic E-state index is 0.155. The van der Waals surface area contributed by atoms with E-state index >= 15 is 0 Å². The Morgan fingerprint density at radius 2 is 1.42 bits per heavy atom. The number of hydrogen-bond acceptors (Lipinski definition) is 4. The summed E-state index contributed by atoms with van der Waals surface area (Å²) in [7, 11) is 1.93. The lowest BCUT2D eigenvalue weighted by Crippen LogP contribution is -2.07. The fourth-order valence-electron chi connectivity index (χ4n) is 4.32. The molecule has 0 aliphatic rings. The van der Waals surface area contributed by atoms with E-state index in [0.717, 1.165) is 41.1 Å². The molecule has 0 atom stereocenters. The summed E-state index contributed by atoms with van der Waals surface area (Å²) in [5.74, 6) is 1.20. The second kappa shape index (κ2) is 12.6. The summed E-state index contributed by atoms with van der Waals surface area (Å²) >= 11 is 0. The van der Waals surface area contributed by atoms with Crippen molar-refractivity contribution in [1.29, 1.82) is 0 Å². The molecule has 33 heavy (non-hydrogen) atoms. The summed E-state index contributed by atoms with van der Waals surface area (Å²) in [4.78, 5) is 12.2. The van der Waals surface area contributed by atoms with Gasteiger partial charge in [0.2, 0.25) is 0 Å². The zero-order chi connectivity index (χ0) is 23.6. The molecule has 0 aliphatic heterocycles. The minimum atomic E-state index is -0.155. The fraction of sp³-hybridized carbons (Fsp3) is 0.593. The summed E-state index contributed by atoms with van der Waals surface area (Å²) in [6.07, 6.45) is 14.5. The van der Waals surface area contributed by atoms with Crippen molar-refractivity contribution < 1.29 is 9.53 Å². The number of rotatable bonds is 14. The molecule has 0 saturated heterocycles. The molecule has 0 saturated carbocycles. The Bertz CT molecular complexity index is 1020. The van der Waals surface area contributed by atoms with Crippen LogP contribution in [0.15, 0.2) is 24.3 Å². The molecule has 0 unspecified atom stereocenters. The van der Waals surface area contributed by atoms with Gasteiger partial charge >= 0.3 is 5.97 Å². The smallest absolute Gasteiger partial charge is 0.311 e. The van der Waals surface area contributed by atoms with Gasteiger partial charge in [-0.3, -0.25) is 4.79 Å². The van der Waals surface area contributed by atoms with Crippen LogP contribution in [-0.2, 0) is 11.8 Å². The molecular weight excluding hydrogens is 412 g/mol. The molecule has 0 N–H and O–H groups in total. The Hall–Kier alpha value is -2.63. The van der Waals surface area contributed by atoms with Gasteiger partial charge in [0.05, 0.1) is 5.69 Å². The third-order valence-electron chi connectivity index (χ3n) is 6.41. The SMILES string of the molecule is CCCCCCCCCCCCCC(=O)Oc1ccc(-c2nn(C)c3c(C)c(C)nn23)cc1. The summed E-state index contributed by atoms with van der Waals surface area (Å²) in [5, 5.41) is 9.22. The maximum Gasteiger partial charge on any atom is 0.311 e. The molecule has 0 radical (unpaired) electrons. The summed E-state index contributed by atoms with van der Waals surface area (Å²) in [5.41, 5.74) is 4.06. The van der Waals surface area contributed by atoms with Crippen LogP contribution in [0.4, 0.5) is 0 Å². The van der Waals surface area contributed by atoms with Crippen LogP contribution in [0.1, 0.15) is 95.2 Å². The van der Waals surface area contributed by atoms with Crippen LogP contribution < -0.4 is 4.74 Å². The molecular formula is C27H40N4O2. The monoisotopic (exact) mass is 452 g/mol. The quantitative estimate of drug-likeness (QED) is 0.151. The van der Waals surface area contributed by atoms with Crippen LogP contribution in [0.3, 0.4) is 0 Å². The van der Waals surface area contributed by atoms with E-state index in [-0.39, 0.29) is 5.97 Å². The number of ether oxygens (including phenoxy) is 1. The molecule has 2 heterocycles. The Kier molecular flexibility index (Phi) is 9.52. The number of fused-ring (bicyclic) bond motifs is 1. The molecule has 0 fully saturated rings. The molecule has 0 spiro atoms. The summed E-state index contributed by atoms with van der Waals surface area (Å²) in [6.45, 7) is 6.32. The van der Waals surface area contributed by atoms with Gasteiger partial charge in [-0.1, -0.05) is 71.1 Å². The third-order valence-corrected chi connectivity index (χ3v) is 6.41. The van der Waals surface area contributed by atoms with Crippen LogP contribution in [0.25, 0.3) is 17.0 Å². The van der Waals surface area contributed by atoms with Crippen LogP contribution in [0, 0.1) is 13.8 Å². The van der Waals surface area contributed by atoms with Gasteiger partial charge in [-0.15, -0.1) is 0 Å². The first kappa shape index (κ1) is 25.0. The molecule has 6 nitrogen and oxygen atoms in total. The lowest BCUT2D eigenvalue weighted by molar-refractivity contribution is -0.134. The van der Waals surface area contributed by atoms with Crippen molar-refractivity contribution >= 4 is 11.6 Å². The largest absolute Gasteiger partial charge is 0.427 e. The molecule has 0 amide bonds. The lowest BCUT2D eigenvalue weighted by atomic mass is 10.1. The summed E-state index contributed by atoms with van der Waals surface area (Å²) < 4.78 is 9.25. The van der Waals surface area contributed by atoms with Crippen LogP contribution >= 0.6 is 0 Å². The van der Waals surface area contributed by atoms with E-state index in [4.69, 9.17) is 4.74 Å². The van der Waals surface area contributed by atoms with Gasteiger partial charge in [0.25, 0.3) is 0 Å². The van der Waals surface area contributed by atoms with Crippen molar-refractivity contribution in [3.8, 4) is 17.1 Å². The average molecular weight is 453 g/mol.